The molecule has 9 nitrogen and oxygen atoms in total. The van der Waals surface area contributed by atoms with Crippen molar-refractivity contribution < 1.29 is 13.2 Å². The second-order valence-electron chi connectivity index (χ2n) is 7.44. The number of aromatic nitrogens is 2. The molecule has 2 heterocycles. The number of hydrogen-bond acceptors (Lipinski definition) is 6. The molecular formula is C21H24N4O5S. The molecule has 31 heavy (non-hydrogen) atoms. The SMILES string of the molecule is COc1ccccc1N1CCN(S(=O)(=O)c2ccc3c(c2)n(C)c(=O)c(=O)n3C)CC1. The third kappa shape index (κ3) is 3.51. The molecular weight excluding hydrogens is 420 g/mol. The van der Waals surface area contributed by atoms with Crippen molar-refractivity contribution in [3.8, 4) is 5.75 Å². The lowest BCUT2D eigenvalue weighted by molar-refractivity contribution is 0.378. The first-order valence-electron chi connectivity index (χ1n) is 9.83. The molecule has 3 aromatic rings. The summed E-state index contributed by atoms with van der Waals surface area (Å²) < 4.78 is 35.8. The number of aryl methyl sites for hydroxylation is 2. The first kappa shape index (κ1) is 21.1. The molecule has 164 valence electrons. The second kappa shape index (κ2) is 7.86. The van der Waals surface area contributed by atoms with E-state index in [9.17, 15) is 18.0 Å². The van der Waals surface area contributed by atoms with Crippen LogP contribution in [-0.2, 0) is 24.1 Å². The van der Waals surface area contributed by atoms with E-state index in [0.717, 1.165) is 11.4 Å². The van der Waals surface area contributed by atoms with E-state index in [1.54, 1.807) is 13.2 Å². The summed E-state index contributed by atoms with van der Waals surface area (Å²) in [5.74, 6) is 0.750. The Morgan fingerprint density at radius 1 is 0.839 bits per heavy atom. The minimum Gasteiger partial charge on any atom is -0.495 e. The van der Waals surface area contributed by atoms with E-state index in [-0.39, 0.29) is 4.90 Å². The van der Waals surface area contributed by atoms with Gasteiger partial charge in [0.2, 0.25) is 10.0 Å². The van der Waals surface area contributed by atoms with E-state index in [2.05, 4.69) is 4.90 Å². The van der Waals surface area contributed by atoms with Crippen LogP contribution in [0.3, 0.4) is 0 Å². The van der Waals surface area contributed by atoms with E-state index in [1.165, 1.54) is 39.7 Å². The van der Waals surface area contributed by atoms with Crippen LogP contribution >= 0.6 is 0 Å². The molecule has 1 aromatic heterocycles. The second-order valence-corrected chi connectivity index (χ2v) is 9.38. The number of nitrogens with zero attached hydrogens (tertiary/aromatic N) is 4. The number of benzene rings is 2. The van der Waals surface area contributed by atoms with Crippen molar-refractivity contribution in [2.75, 3.05) is 38.2 Å². The molecule has 0 unspecified atom stereocenters. The number of fused-ring (bicyclic) bond motifs is 1. The average Bonchev–Trinajstić information content (AvgIpc) is 2.81. The number of piperazine rings is 1. The number of ether oxygens (including phenoxy) is 1. The Labute approximate surface area is 179 Å². The van der Waals surface area contributed by atoms with E-state index in [4.69, 9.17) is 4.74 Å². The fourth-order valence-corrected chi connectivity index (χ4v) is 5.37. The molecule has 0 saturated carbocycles. The number of methoxy groups -OCH3 is 1. The zero-order valence-corrected chi connectivity index (χ0v) is 18.4. The third-order valence-corrected chi connectivity index (χ3v) is 7.66. The molecule has 1 fully saturated rings. The molecule has 2 aromatic carbocycles. The number of para-hydroxylation sites is 2. The van der Waals surface area contributed by atoms with Gasteiger partial charge in [-0.05, 0) is 30.3 Å². The highest BCUT2D eigenvalue weighted by molar-refractivity contribution is 7.89. The predicted molar refractivity (Wildman–Crippen MR) is 118 cm³/mol. The normalized spacial score (nSPS) is 15.4. The van der Waals surface area contributed by atoms with E-state index in [0.29, 0.717) is 37.2 Å². The maximum absolute atomic E-state index is 13.3. The largest absolute Gasteiger partial charge is 0.495 e. The van der Waals surface area contributed by atoms with Crippen molar-refractivity contribution in [1.82, 2.24) is 13.4 Å². The molecule has 0 atom stereocenters. The van der Waals surface area contributed by atoms with Crippen molar-refractivity contribution in [1.29, 1.82) is 0 Å². The molecule has 0 aliphatic carbocycles. The lowest BCUT2D eigenvalue weighted by atomic mass is 10.2. The van der Waals surface area contributed by atoms with Gasteiger partial charge in [-0.2, -0.15) is 4.31 Å². The van der Waals surface area contributed by atoms with Crippen molar-refractivity contribution in [2.45, 2.75) is 4.90 Å². The van der Waals surface area contributed by atoms with Crippen LogP contribution in [0.2, 0.25) is 0 Å². The number of sulfonamides is 1. The Hall–Kier alpha value is -3.11. The Bertz CT molecular complexity index is 1370. The summed E-state index contributed by atoms with van der Waals surface area (Å²) in [5.41, 5.74) is 0.463. The molecule has 0 radical (unpaired) electrons. The van der Waals surface area contributed by atoms with Gasteiger partial charge in [0.25, 0.3) is 0 Å². The predicted octanol–water partition coefficient (Wildman–Crippen LogP) is 0.757. The number of rotatable bonds is 4. The summed E-state index contributed by atoms with van der Waals surface area (Å²) >= 11 is 0. The molecule has 0 spiro atoms. The molecule has 0 amide bonds. The highest BCUT2D eigenvalue weighted by Gasteiger charge is 2.30. The summed E-state index contributed by atoms with van der Waals surface area (Å²) in [6, 6.07) is 12.2. The fourth-order valence-electron chi connectivity index (χ4n) is 3.93. The Morgan fingerprint density at radius 3 is 2.10 bits per heavy atom. The van der Waals surface area contributed by atoms with Gasteiger partial charge in [-0.25, -0.2) is 8.42 Å². The molecule has 10 heteroatoms. The van der Waals surface area contributed by atoms with Crippen LogP contribution in [0.15, 0.2) is 56.9 Å². The van der Waals surface area contributed by atoms with Crippen LogP contribution in [0.1, 0.15) is 0 Å². The Balaban J connectivity index is 1.63. The van der Waals surface area contributed by atoms with Gasteiger partial charge in [0.05, 0.1) is 28.7 Å². The number of anilines is 1. The van der Waals surface area contributed by atoms with Crippen LogP contribution in [0.25, 0.3) is 11.0 Å². The lowest BCUT2D eigenvalue weighted by Gasteiger charge is -2.36. The zero-order valence-electron chi connectivity index (χ0n) is 17.6. The average molecular weight is 445 g/mol. The maximum atomic E-state index is 13.3. The van der Waals surface area contributed by atoms with Gasteiger partial charge in [-0.15, -0.1) is 0 Å². The van der Waals surface area contributed by atoms with Gasteiger partial charge in [0, 0.05) is 40.3 Å². The van der Waals surface area contributed by atoms with E-state index < -0.39 is 21.1 Å². The molecule has 4 rings (SSSR count). The topological polar surface area (TPSA) is 93.8 Å². The highest BCUT2D eigenvalue weighted by Crippen LogP contribution is 2.29. The number of hydrogen-bond donors (Lipinski definition) is 0. The minimum atomic E-state index is -3.75. The third-order valence-electron chi connectivity index (χ3n) is 5.76. The maximum Gasteiger partial charge on any atom is 0.316 e. The fraction of sp³-hybridized carbons (Fsp3) is 0.333. The summed E-state index contributed by atoms with van der Waals surface area (Å²) in [6.07, 6.45) is 0. The quantitative estimate of drug-likeness (QED) is 0.552. The summed E-state index contributed by atoms with van der Waals surface area (Å²) in [6.45, 7) is 1.70. The van der Waals surface area contributed by atoms with E-state index in [1.807, 2.05) is 24.3 Å². The highest BCUT2D eigenvalue weighted by atomic mass is 32.2. The smallest absolute Gasteiger partial charge is 0.316 e. The van der Waals surface area contributed by atoms with Crippen LogP contribution in [0, 0.1) is 0 Å². The standard InChI is InChI=1S/C21H24N4O5S/c1-22-16-9-8-15(14-18(16)23(2)21(27)20(22)26)31(28,29)25-12-10-24(11-13-25)17-6-4-5-7-19(17)30-3/h4-9,14H,10-13H2,1-3H3. The lowest BCUT2D eigenvalue weighted by Crippen LogP contribution is -2.48. The van der Waals surface area contributed by atoms with Crippen LogP contribution < -0.4 is 20.8 Å². The van der Waals surface area contributed by atoms with Gasteiger partial charge in [-0.3, -0.25) is 9.59 Å². The first-order valence-corrected chi connectivity index (χ1v) is 11.3. The van der Waals surface area contributed by atoms with Crippen molar-refractivity contribution in [3.05, 3.63) is 63.2 Å². The van der Waals surface area contributed by atoms with Gasteiger partial charge in [0.15, 0.2) is 0 Å². The zero-order chi connectivity index (χ0) is 22.3. The Kier molecular flexibility index (Phi) is 5.36. The van der Waals surface area contributed by atoms with Gasteiger partial charge in [-0.1, -0.05) is 12.1 Å². The summed E-state index contributed by atoms with van der Waals surface area (Å²) in [7, 11) is 0.823. The van der Waals surface area contributed by atoms with Gasteiger partial charge < -0.3 is 18.8 Å². The van der Waals surface area contributed by atoms with Crippen molar-refractivity contribution in [3.63, 3.8) is 0 Å². The van der Waals surface area contributed by atoms with E-state index >= 15 is 0 Å². The molecule has 0 N–H and O–H groups in total. The Morgan fingerprint density at radius 2 is 1.45 bits per heavy atom. The molecule has 0 bridgehead atoms. The van der Waals surface area contributed by atoms with Crippen LogP contribution in [-0.4, -0.2) is 55.1 Å². The van der Waals surface area contributed by atoms with Gasteiger partial charge in [0.1, 0.15) is 5.75 Å². The van der Waals surface area contributed by atoms with Crippen molar-refractivity contribution in [2.24, 2.45) is 14.1 Å². The molecule has 1 aliphatic rings. The molecule has 1 saturated heterocycles. The van der Waals surface area contributed by atoms with Crippen LogP contribution in [0.4, 0.5) is 5.69 Å². The summed E-state index contributed by atoms with van der Waals surface area (Å²) in [5, 5.41) is 0. The van der Waals surface area contributed by atoms with Crippen molar-refractivity contribution >= 4 is 26.7 Å². The summed E-state index contributed by atoms with van der Waals surface area (Å²) in [4.78, 5) is 26.4. The van der Waals surface area contributed by atoms with Crippen LogP contribution in [0.5, 0.6) is 5.75 Å². The van der Waals surface area contributed by atoms with Gasteiger partial charge >= 0.3 is 11.1 Å². The monoisotopic (exact) mass is 444 g/mol. The minimum absolute atomic E-state index is 0.0967. The molecule has 1 aliphatic heterocycles. The first-order chi connectivity index (χ1) is 14.8.